The van der Waals surface area contributed by atoms with E-state index in [0.29, 0.717) is 42.8 Å². The van der Waals surface area contributed by atoms with Crippen LogP contribution in [0.1, 0.15) is 36.6 Å². The molecule has 0 aliphatic heterocycles. The van der Waals surface area contributed by atoms with Gasteiger partial charge < -0.3 is 14.6 Å². The molecule has 0 bridgehead atoms. The highest BCUT2D eigenvalue weighted by Crippen LogP contribution is 2.37. The van der Waals surface area contributed by atoms with Crippen molar-refractivity contribution in [1.29, 1.82) is 0 Å². The molecule has 1 aliphatic rings. The second-order valence-corrected chi connectivity index (χ2v) is 10.1. The molecule has 0 saturated heterocycles. The molecule has 0 amide bonds. The van der Waals surface area contributed by atoms with Crippen molar-refractivity contribution in [3.63, 3.8) is 0 Å². The first-order chi connectivity index (χ1) is 18.6. The van der Waals surface area contributed by atoms with Crippen LogP contribution in [0.5, 0.6) is 17.4 Å². The highest BCUT2D eigenvalue weighted by atomic mass is 16.5. The number of aliphatic hydroxyl groups excluding tert-OH is 1. The molecule has 0 unspecified atom stereocenters. The molecule has 1 N–H and O–H groups in total. The molecule has 0 radical (unpaired) electrons. The minimum Gasteiger partial charge on any atom is -0.493 e. The lowest BCUT2D eigenvalue weighted by Gasteiger charge is -2.26. The van der Waals surface area contributed by atoms with Gasteiger partial charge in [-0.25, -0.2) is 4.68 Å². The first-order valence-electron chi connectivity index (χ1n) is 13.6. The standard InChI is InChI=1S/C32H37N3O3/c1-3-29-28(23-34(21-25-18-19-25)22-27(36)20-24-12-6-4-7-13-24)32(35(33-29)26-14-8-5-9-15-26)38-31-17-11-10-16-30(31)37-2/h4-17,25,27,36H,3,18-23H2,1-2H3/t27-/m0/s1. The molecular formula is C32H37N3O3. The Morgan fingerprint density at radius 2 is 1.61 bits per heavy atom. The SMILES string of the molecule is CCc1nn(-c2ccccc2)c(Oc2ccccc2OC)c1CN(CC1CC1)C[C@@H](O)Cc1ccccc1. The average Bonchev–Trinajstić information content (AvgIpc) is 3.70. The van der Waals surface area contributed by atoms with Crippen LogP contribution >= 0.6 is 0 Å². The third kappa shape index (κ3) is 6.44. The summed E-state index contributed by atoms with van der Waals surface area (Å²) in [6, 6.07) is 28.0. The van der Waals surface area contributed by atoms with E-state index < -0.39 is 6.10 Å². The Morgan fingerprint density at radius 3 is 2.26 bits per heavy atom. The number of ether oxygens (including phenoxy) is 2. The fourth-order valence-electron chi connectivity index (χ4n) is 4.92. The lowest BCUT2D eigenvalue weighted by molar-refractivity contribution is 0.105. The van der Waals surface area contributed by atoms with Crippen molar-refractivity contribution >= 4 is 0 Å². The third-order valence-electron chi connectivity index (χ3n) is 7.01. The van der Waals surface area contributed by atoms with Gasteiger partial charge in [0.1, 0.15) is 0 Å². The second-order valence-electron chi connectivity index (χ2n) is 10.1. The maximum absolute atomic E-state index is 11.1. The van der Waals surface area contributed by atoms with Crippen molar-refractivity contribution in [2.45, 2.75) is 45.3 Å². The van der Waals surface area contributed by atoms with E-state index in [1.54, 1.807) is 7.11 Å². The fraction of sp³-hybridized carbons (Fsp3) is 0.344. The number of para-hydroxylation sites is 3. The van der Waals surface area contributed by atoms with Crippen molar-refractivity contribution in [1.82, 2.24) is 14.7 Å². The van der Waals surface area contributed by atoms with Gasteiger partial charge in [0.05, 0.1) is 30.2 Å². The summed E-state index contributed by atoms with van der Waals surface area (Å²) in [6.07, 6.45) is 3.46. The number of rotatable bonds is 13. The van der Waals surface area contributed by atoms with Crippen LogP contribution in [0.2, 0.25) is 0 Å². The molecule has 1 atom stereocenters. The minimum absolute atomic E-state index is 0.455. The quantitative estimate of drug-likeness (QED) is 0.237. The van der Waals surface area contributed by atoms with Gasteiger partial charge in [0.25, 0.3) is 0 Å². The summed E-state index contributed by atoms with van der Waals surface area (Å²) in [5.41, 5.74) is 4.14. The highest BCUT2D eigenvalue weighted by Gasteiger charge is 2.29. The zero-order valence-electron chi connectivity index (χ0n) is 22.3. The molecule has 6 nitrogen and oxygen atoms in total. The number of aryl methyl sites for hydroxylation is 1. The summed E-state index contributed by atoms with van der Waals surface area (Å²) in [5.74, 6) is 2.70. The van der Waals surface area contributed by atoms with Crippen LogP contribution in [0.25, 0.3) is 5.69 Å². The van der Waals surface area contributed by atoms with Gasteiger partial charge in [0.2, 0.25) is 5.88 Å². The first kappa shape index (κ1) is 26.0. The van der Waals surface area contributed by atoms with E-state index in [1.807, 2.05) is 77.5 Å². The van der Waals surface area contributed by atoms with Gasteiger partial charge in [-0.3, -0.25) is 4.90 Å². The van der Waals surface area contributed by atoms with Gasteiger partial charge in [0.15, 0.2) is 11.5 Å². The third-order valence-corrected chi connectivity index (χ3v) is 7.01. The summed E-state index contributed by atoms with van der Waals surface area (Å²) >= 11 is 0. The summed E-state index contributed by atoms with van der Waals surface area (Å²) in [7, 11) is 1.65. The lowest BCUT2D eigenvalue weighted by Crippen LogP contribution is -2.35. The summed E-state index contributed by atoms with van der Waals surface area (Å²) < 4.78 is 14.1. The van der Waals surface area contributed by atoms with Crippen LogP contribution in [0.4, 0.5) is 0 Å². The molecule has 0 spiro atoms. The Hall–Kier alpha value is -3.61. The molecule has 1 aromatic heterocycles. The van der Waals surface area contributed by atoms with E-state index in [4.69, 9.17) is 14.6 Å². The maximum Gasteiger partial charge on any atom is 0.227 e. The van der Waals surface area contributed by atoms with Crippen molar-refractivity contribution in [3.8, 4) is 23.1 Å². The van der Waals surface area contributed by atoms with Crippen molar-refractivity contribution < 1.29 is 14.6 Å². The van der Waals surface area contributed by atoms with Crippen LogP contribution in [0, 0.1) is 5.92 Å². The monoisotopic (exact) mass is 511 g/mol. The predicted molar refractivity (Wildman–Crippen MR) is 150 cm³/mol. The van der Waals surface area contributed by atoms with E-state index in [1.165, 1.54) is 12.8 Å². The van der Waals surface area contributed by atoms with Crippen LogP contribution in [0.3, 0.4) is 0 Å². The smallest absolute Gasteiger partial charge is 0.227 e. The normalized spacial score (nSPS) is 14.0. The van der Waals surface area contributed by atoms with Crippen LogP contribution < -0.4 is 9.47 Å². The van der Waals surface area contributed by atoms with Crippen molar-refractivity contribution in [2.75, 3.05) is 20.2 Å². The van der Waals surface area contributed by atoms with Gasteiger partial charge >= 0.3 is 0 Å². The molecule has 1 heterocycles. The van der Waals surface area contributed by atoms with Gasteiger partial charge in [-0.05, 0) is 61.4 Å². The number of hydrogen-bond acceptors (Lipinski definition) is 5. The molecule has 5 rings (SSSR count). The van der Waals surface area contributed by atoms with E-state index in [9.17, 15) is 5.11 Å². The van der Waals surface area contributed by atoms with Crippen LogP contribution in [-0.2, 0) is 19.4 Å². The zero-order chi connectivity index (χ0) is 26.3. The number of aliphatic hydroxyl groups is 1. The van der Waals surface area contributed by atoms with Crippen LogP contribution in [-0.4, -0.2) is 46.1 Å². The topological polar surface area (TPSA) is 59.8 Å². The minimum atomic E-state index is -0.455. The van der Waals surface area contributed by atoms with Crippen molar-refractivity contribution in [2.24, 2.45) is 5.92 Å². The van der Waals surface area contributed by atoms with E-state index in [-0.39, 0.29) is 0 Å². The van der Waals surface area contributed by atoms with Crippen LogP contribution in [0.15, 0.2) is 84.9 Å². The Balaban J connectivity index is 1.48. The van der Waals surface area contributed by atoms with Gasteiger partial charge in [-0.15, -0.1) is 0 Å². The summed E-state index contributed by atoms with van der Waals surface area (Å²) in [5, 5.41) is 16.1. The fourth-order valence-corrected chi connectivity index (χ4v) is 4.92. The van der Waals surface area contributed by atoms with Gasteiger partial charge in [0, 0.05) is 19.6 Å². The molecular weight excluding hydrogens is 474 g/mol. The average molecular weight is 512 g/mol. The molecule has 6 heteroatoms. The number of nitrogens with zero attached hydrogens (tertiary/aromatic N) is 3. The molecule has 198 valence electrons. The predicted octanol–water partition coefficient (Wildman–Crippen LogP) is 6.05. The molecule has 4 aromatic rings. The zero-order valence-corrected chi connectivity index (χ0v) is 22.3. The van der Waals surface area contributed by atoms with E-state index >= 15 is 0 Å². The van der Waals surface area contributed by atoms with Crippen molar-refractivity contribution in [3.05, 3.63) is 102 Å². The van der Waals surface area contributed by atoms with Gasteiger partial charge in [-0.2, -0.15) is 5.10 Å². The number of methoxy groups -OCH3 is 1. The number of aromatic nitrogens is 2. The molecule has 1 aliphatic carbocycles. The largest absolute Gasteiger partial charge is 0.493 e. The van der Waals surface area contributed by atoms with E-state index in [0.717, 1.165) is 35.5 Å². The Bertz CT molecular complexity index is 1300. The Morgan fingerprint density at radius 1 is 0.947 bits per heavy atom. The number of benzene rings is 3. The summed E-state index contributed by atoms with van der Waals surface area (Å²) in [6.45, 7) is 4.34. The number of hydrogen-bond donors (Lipinski definition) is 1. The second kappa shape index (κ2) is 12.3. The molecule has 3 aromatic carbocycles. The Kier molecular flexibility index (Phi) is 8.41. The molecule has 1 fully saturated rings. The summed E-state index contributed by atoms with van der Waals surface area (Å²) in [4.78, 5) is 2.38. The lowest BCUT2D eigenvalue weighted by atomic mass is 10.1. The van der Waals surface area contributed by atoms with Gasteiger partial charge in [-0.1, -0.05) is 67.6 Å². The molecule has 1 saturated carbocycles. The molecule has 38 heavy (non-hydrogen) atoms. The highest BCUT2D eigenvalue weighted by molar-refractivity contribution is 5.47. The maximum atomic E-state index is 11.1. The van der Waals surface area contributed by atoms with E-state index in [2.05, 4.69) is 24.0 Å². The Labute approximate surface area is 225 Å². The first-order valence-corrected chi connectivity index (χ1v) is 13.6.